The Labute approximate surface area is 138 Å². The van der Waals surface area contributed by atoms with E-state index in [-0.39, 0.29) is 10.8 Å². The van der Waals surface area contributed by atoms with Crippen LogP contribution in [0.2, 0.25) is 5.02 Å². The van der Waals surface area contributed by atoms with E-state index in [2.05, 4.69) is 9.88 Å². The average molecular weight is 349 g/mol. The molecule has 0 fully saturated rings. The van der Waals surface area contributed by atoms with Crippen LogP contribution in [0.3, 0.4) is 0 Å². The maximum Gasteiger partial charge on any atom is 0.264 e. The first-order valence-electron chi connectivity index (χ1n) is 6.76. The third kappa shape index (κ3) is 3.55. The lowest BCUT2D eigenvalue weighted by atomic mass is 10.1. The van der Waals surface area contributed by atoms with Crippen molar-refractivity contribution in [2.45, 2.75) is 11.8 Å². The van der Waals surface area contributed by atoms with Crippen molar-refractivity contribution in [3.8, 4) is 11.3 Å². The minimum absolute atomic E-state index is 0.0514. The van der Waals surface area contributed by atoms with Crippen LogP contribution in [0.5, 0.6) is 0 Å². The summed E-state index contributed by atoms with van der Waals surface area (Å²) < 4.78 is 32.0. The van der Waals surface area contributed by atoms with Crippen molar-refractivity contribution in [2.75, 3.05) is 4.72 Å². The van der Waals surface area contributed by atoms with Crippen molar-refractivity contribution < 1.29 is 12.9 Å². The summed E-state index contributed by atoms with van der Waals surface area (Å²) >= 11 is 5.83. The van der Waals surface area contributed by atoms with Crippen molar-refractivity contribution in [1.29, 1.82) is 0 Å². The summed E-state index contributed by atoms with van der Waals surface area (Å²) in [6.07, 6.45) is 0. The molecule has 0 amide bonds. The minimum Gasteiger partial charge on any atom is -0.337 e. The third-order valence-electron chi connectivity index (χ3n) is 3.22. The van der Waals surface area contributed by atoms with E-state index in [0.717, 1.165) is 11.1 Å². The molecule has 1 aromatic heterocycles. The largest absolute Gasteiger partial charge is 0.337 e. The van der Waals surface area contributed by atoms with Gasteiger partial charge in [0, 0.05) is 16.7 Å². The lowest BCUT2D eigenvalue weighted by molar-refractivity contribution is 0.438. The van der Waals surface area contributed by atoms with Crippen LogP contribution in [0.1, 0.15) is 5.56 Å². The molecule has 23 heavy (non-hydrogen) atoms. The topological polar surface area (TPSA) is 72.2 Å². The number of nitrogens with zero attached hydrogens (tertiary/aromatic N) is 1. The molecule has 0 radical (unpaired) electrons. The second kappa shape index (κ2) is 6.06. The Morgan fingerprint density at radius 1 is 1.04 bits per heavy atom. The number of aryl methyl sites for hydroxylation is 1. The Bertz CT molecular complexity index is 917. The van der Waals surface area contributed by atoms with Crippen molar-refractivity contribution in [3.05, 3.63) is 65.2 Å². The lowest BCUT2D eigenvalue weighted by Gasteiger charge is -2.04. The van der Waals surface area contributed by atoms with E-state index in [9.17, 15) is 8.42 Å². The van der Waals surface area contributed by atoms with E-state index in [1.807, 2.05) is 6.92 Å². The Hall–Kier alpha value is -2.31. The molecule has 0 saturated carbocycles. The van der Waals surface area contributed by atoms with E-state index in [0.29, 0.717) is 10.7 Å². The van der Waals surface area contributed by atoms with Crippen LogP contribution in [-0.2, 0) is 10.0 Å². The summed E-state index contributed by atoms with van der Waals surface area (Å²) in [5.74, 6) is 0.0514. The van der Waals surface area contributed by atoms with Crippen LogP contribution in [0.25, 0.3) is 11.3 Å². The summed E-state index contributed by atoms with van der Waals surface area (Å²) in [4.78, 5) is 0.160. The summed E-state index contributed by atoms with van der Waals surface area (Å²) in [5, 5.41) is 4.47. The highest BCUT2D eigenvalue weighted by Gasteiger charge is 2.17. The Morgan fingerprint density at radius 3 is 2.35 bits per heavy atom. The number of halogens is 1. The van der Waals surface area contributed by atoms with Crippen molar-refractivity contribution in [2.24, 2.45) is 0 Å². The molecule has 5 nitrogen and oxygen atoms in total. The molecule has 3 rings (SSSR count). The van der Waals surface area contributed by atoms with Crippen LogP contribution < -0.4 is 4.72 Å². The molecule has 0 unspecified atom stereocenters. The van der Waals surface area contributed by atoms with Gasteiger partial charge < -0.3 is 4.52 Å². The second-order valence-corrected chi connectivity index (χ2v) is 7.12. The average Bonchev–Trinajstić information content (AvgIpc) is 2.96. The Kier molecular flexibility index (Phi) is 4.11. The Balaban J connectivity index is 1.83. The number of sulfonamides is 1. The molecule has 0 bridgehead atoms. The summed E-state index contributed by atoms with van der Waals surface area (Å²) in [5.41, 5.74) is 2.27. The minimum atomic E-state index is -3.71. The molecular formula is C16H13ClN2O3S. The number of rotatable bonds is 4. The smallest absolute Gasteiger partial charge is 0.264 e. The molecular weight excluding hydrogens is 336 g/mol. The van der Waals surface area contributed by atoms with Gasteiger partial charge in [-0.25, -0.2) is 13.1 Å². The highest BCUT2D eigenvalue weighted by Crippen LogP contribution is 2.24. The van der Waals surface area contributed by atoms with Gasteiger partial charge in [0.25, 0.3) is 10.0 Å². The molecule has 0 spiro atoms. The van der Waals surface area contributed by atoms with Crippen molar-refractivity contribution in [1.82, 2.24) is 5.16 Å². The van der Waals surface area contributed by atoms with Gasteiger partial charge in [0.05, 0.1) is 4.90 Å². The van der Waals surface area contributed by atoms with Crippen LogP contribution in [0.4, 0.5) is 5.88 Å². The predicted octanol–water partition coefficient (Wildman–Crippen LogP) is 4.10. The molecule has 1 N–H and O–H groups in total. The summed E-state index contributed by atoms with van der Waals surface area (Å²) in [6.45, 7) is 1.89. The fraction of sp³-hybridized carbons (Fsp3) is 0.0625. The Morgan fingerprint density at radius 2 is 1.70 bits per heavy atom. The highest BCUT2D eigenvalue weighted by molar-refractivity contribution is 7.92. The van der Waals surface area contributed by atoms with Crippen LogP contribution >= 0.6 is 11.6 Å². The van der Waals surface area contributed by atoms with E-state index in [1.165, 1.54) is 18.2 Å². The molecule has 0 atom stereocenters. The molecule has 0 saturated heterocycles. The van der Waals surface area contributed by atoms with Crippen LogP contribution in [0.15, 0.2) is 64.0 Å². The maximum atomic E-state index is 12.3. The zero-order chi connectivity index (χ0) is 16.4. The number of benzene rings is 2. The van der Waals surface area contributed by atoms with Gasteiger partial charge in [-0.15, -0.1) is 0 Å². The van der Waals surface area contributed by atoms with Gasteiger partial charge in [0.1, 0.15) is 5.69 Å². The first kappa shape index (κ1) is 15.6. The fourth-order valence-corrected chi connectivity index (χ4v) is 3.09. The van der Waals surface area contributed by atoms with E-state index in [1.54, 1.807) is 36.4 Å². The predicted molar refractivity (Wildman–Crippen MR) is 88.9 cm³/mol. The van der Waals surface area contributed by atoms with E-state index < -0.39 is 10.0 Å². The second-order valence-electron chi connectivity index (χ2n) is 5.00. The summed E-state index contributed by atoms with van der Waals surface area (Å²) in [6, 6.07) is 15.1. The number of hydrogen-bond donors (Lipinski definition) is 1. The van der Waals surface area contributed by atoms with Crippen molar-refractivity contribution in [3.63, 3.8) is 0 Å². The molecule has 0 aliphatic carbocycles. The molecule has 0 aliphatic heterocycles. The number of anilines is 1. The number of nitrogens with one attached hydrogen (secondary N) is 1. The van der Waals surface area contributed by atoms with E-state index >= 15 is 0 Å². The van der Waals surface area contributed by atoms with Gasteiger partial charge in [-0.3, -0.25) is 0 Å². The van der Waals surface area contributed by atoms with Gasteiger partial charge in [-0.2, -0.15) is 0 Å². The first-order valence-corrected chi connectivity index (χ1v) is 8.62. The molecule has 0 aliphatic rings. The highest BCUT2D eigenvalue weighted by atomic mass is 35.5. The van der Waals surface area contributed by atoms with Gasteiger partial charge in [-0.1, -0.05) is 46.6 Å². The van der Waals surface area contributed by atoms with Gasteiger partial charge in [-0.05, 0) is 31.2 Å². The fourth-order valence-electron chi connectivity index (χ4n) is 1.99. The number of hydrogen-bond acceptors (Lipinski definition) is 4. The van der Waals surface area contributed by atoms with E-state index in [4.69, 9.17) is 16.1 Å². The number of aromatic nitrogens is 1. The standard InChI is InChI=1S/C16H13ClN2O3S/c1-11-2-8-14(9-3-11)23(20,21)19-16-10-15(18-22-16)12-4-6-13(17)7-5-12/h2-10,19H,1H3. The monoisotopic (exact) mass is 348 g/mol. The lowest BCUT2D eigenvalue weighted by Crippen LogP contribution is -2.12. The molecule has 3 aromatic rings. The summed E-state index contributed by atoms with van der Waals surface area (Å²) in [7, 11) is -3.71. The van der Waals surface area contributed by atoms with Gasteiger partial charge in [0.2, 0.25) is 5.88 Å². The third-order valence-corrected chi connectivity index (χ3v) is 4.83. The van der Waals surface area contributed by atoms with Gasteiger partial charge >= 0.3 is 0 Å². The SMILES string of the molecule is Cc1ccc(S(=O)(=O)Nc2cc(-c3ccc(Cl)cc3)no2)cc1. The quantitative estimate of drug-likeness (QED) is 0.770. The molecule has 118 valence electrons. The molecule has 2 aromatic carbocycles. The normalized spacial score (nSPS) is 11.4. The van der Waals surface area contributed by atoms with Gasteiger partial charge in [0.15, 0.2) is 0 Å². The van der Waals surface area contributed by atoms with Crippen LogP contribution in [-0.4, -0.2) is 13.6 Å². The maximum absolute atomic E-state index is 12.3. The molecule has 7 heteroatoms. The van der Waals surface area contributed by atoms with Crippen LogP contribution in [0, 0.1) is 6.92 Å². The zero-order valence-electron chi connectivity index (χ0n) is 12.2. The first-order chi connectivity index (χ1) is 10.9. The van der Waals surface area contributed by atoms with Crippen molar-refractivity contribution >= 4 is 27.5 Å². The zero-order valence-corrected chi connectivity index (χ0v) is 13.7. The molecule has 1 heterocycles.